The number of halogens is 1. The second-order valence-electron chi connectivity index (χ2n) is 7.75. The zero-order chi connectivity index (χ0) is 21.2. The summed E-state index contributed by atoms with van der Waals surface area (Å²) in [5.74, 6) is 0.200. The first kappa shape index (κ1) is 23.0. The predicted octanol–water partition coefficient (Wildman–Crippen LogP) is 4.85. The Morgan fingerprint density at radius 3 is 2.34 bits per heavy atom. The van der Waals surface area contributed by atoms with Gasteiger partial charge in [0.15, 0.2) is 0 Å². The van der Waals surface area contributed by atoms with Crippen LogP contribution in [0.3, 0.4) is 0 Å². The van der Waals surface area contributed by atoms with Crippen molar-refractivity contribution in [3.63, 3.8) is 0 Å². The maximum absolute atomic E-state index is 13.1. The van der Waals surface area contributed by atoms with E-state index < -0.39 is 6.04 Å². The monoisotopic (exact) mass is 414 g/mol. The Kier molecular flexibility index (Phi) is 9.20. The Balaban J connectivity index is 2.34. The van der Waals surface area contributed by atoms with Crippen LogP contribution in [0.5, 0.6) is 0 Å². The lowest BCUT2D eigenvalue weighted by atomic mass is 10.0. The summed E-state index contributed by atoms with van der Waals surface area (Å²) < 4.78 is 0. The molecule has 2 aromatic carbocycles. The summed E-state index contributed by atoms with van der Waals surface area (Å²) in [5.41, 5.74) is 1.94. The highest BCUT2D eigenvalue weighted by molar-refractivity contribution is 6.30. The molecule has 2 amide bonds. The number of benzene rings is 2. The molecule has 1 atom stereocenters. The minimum absolute atomic E-state index is 0.0203. The Morgan fingerprint density at radius 2 is 1.72 bits per heavy atom. The van der Waals surface area contributed by atoms with Crippen molar-refractivity contribution in [2.75, 3.05) is 6.54 Å². The molecule has 0 saturated heterocycles. The van der Waals surface area contributed by atoms with Crippen LogP contribution < -0.4 is 5.32 Å². The van der Waals surface area contributed by atoms with Crippen molar-refractivity contribution in [2.24, 2.45) is 5.92 Å². The maximum atomic E-state index is 13.1. The largest absolute Gasteiger partial charge is 0.354 e. The van der Waals surface area contributed by atoms with Crippen molar-refractivity contribution in [1.82, 2.24) is 10.2 Å². The quantitative estimate of drug-likeness (QED) is 0.604. The molecular formula is C24H31ClN2O2. The van der Waals surface area contributed by atoms with E-state index >= 15 is 0 Å². The van der Waals surface area contributed by atoms with Gasteiger partial charge in [0.25, 0.3) is 0 Å². The summed E-state index contributed by atoms with van der Waals surface area (Å²) in [5, 5.41) is 3.64. The molecule has 2 rings (SSSR count). The molecule has 1 N–H and O–H groups in total. The van der Waals surface area contributed by atoms with Crippen molar-refractivity contribution < 1.29 is 9.59 Å². The van der Waals surface area contributed by atoms with Crippen LogP contribution in [0.1, 0.15) is 44.7 Å². The molecule has 0 saturated carbocycles. The lowest BCUT2D eigenvalue weighted by Crippen LogP contribution is -2.51. The van der Waals surface area contributed by atoms with Crippen LogP contribution in [0.4, 0.5) is 0 Å². The highest BCUT2D eigenvalue weighted by atomic mass is 35.5. The topological polar surface area (TPSA) is 49.4 Å². The fourth-order valence-electron chi connectivity index (χ4n) is 3.17. The van der Waals surface area contributed by atoms with E-state index in [1.807, 2.05) is 55.5 Å². The van der Waals surface area contributed by atoms with Gasteiger partial charge < -0.3 is 10.2 Å². The number of nitrogens with zero attached hydrogens (tertiary/aromatic N) is 1. The third kappa shape index (κ3) is 7.54. The van der Waals surface area contributed by atoms with E-state index in [1.54, 1.807) is 11.0 Å². The fraction of sp³-hybridized carbons (Fsp3) is 0.417. The van der Waals surface area contributed by atoms with Gasteiger partial charge in [0.2, 0.25) is 11.8 Å². The van der Waals surface area contributed by atoms with Gasteiger partial charge in [-0.25, -0.2) is 0 Å². The molecule has 0 heterocycles. The fourth-order valence-corrected chi connectivity index (χ4v) is 3.38. The molecule has 0 aromatic heterocycles. The van der Waals surface area contributed by atoms with Crippen LogP contribution in [0.15, 0.2) is 54.6 Å². The molecule has 0 spiro atoms. The third-order valence-corrected chi connectivity index (χ3v) is 4.90. The van der Waals surface area contributed by atoms with Crippen molar-refractivity contribution in [3.8, 4) is 0 Å². The average molecular weight is 415 g/mol. The van der Waals surface area contributed by atoms with E-state index in [0.717, 1.165) is 17.5 Å². The van der Waals surface area contributed by atoms with E-state index in [-0.39, 0.29) is 11.8 Å². The van der Waals surface area contributed by atoms with Crippen LogP contribution in [0.25, 0.3) is 0 Å². The van der Waals surface area contributed by atoms with Crippen molar-refractivity contribution >= 4 is 23.4 Å². The number of carbonyl (C=O) groups excluding carboxylic acids is 2. The van der Waals surface area contributed by atoms with Crippen molar-refractivity contribution in [2.45, 2.75) is 52.6 Å². The SMILES string of the molecule is CCCC(=O)N(Cc1cccc(Cl)c1)[C@H](Cc1ccccc1)C(=O)NCC(C)C. The summed E-state index contributed by atoms with van der Waals surface area (Å²) in [7, 11) is 0. The zero-order valence-corrected chi connectivity index (χ0v) is 18.3. The van der Waals surface area contributed by atoms with E-state index in [2.05, 4.69) is 19.2 Å². The number of hydrogen-bond acceptors (Lipinski definition) is 2. The first-order chi connectivity index (χ1) is 13.9. The zero-order valence-electron chi connectivity index (χ0n) is 17.5. The second-order valence-corrected chi connectivity index (χ2v) is 8.18. The van der Waals surface area contributed by atoms with Crippen LogP contribution in [0.2, 0.25) is 5.02 Å². The number of rotatable bonds is 10. The van der Waals surface area contributed by atoms with Gasteiger partial charge in [0.1, 0.15) is 6.04 Å². The lowest BCUT2D eigenvalue weighted by molar-refractivity contribution is -0.141. The first-order valence-corrected chi connectivity index (χ1v) is 10.6. The third-order valence-electron chi connectivity index (χ3n) is 4.66. The van der Waals surface area contributed by atoms with Gasteiger partial charge in [-0.2, -0.15) is 0 Å². The standard InChI is InChI=1S/C24H31ClN2O2/c1-4-9-23(28)27(17-20-12-8-13-21(25)14-20)22(24(29)26-16-18(2)3)15-19-10-6-5-7-11-19/h5-8,10-14,18,22H,4,9,15-17H2,1-3H3,(H,26,29)/t22-/m1/s1. The molecule has 0 aliphatic heterocycles. The minimum Gasteiger partial charge on any atom is -0.354 e. The van der Waals surface area contributed by atoms with Crippen LogP contribution in [0, 0.1) is 5.92 Å². The molecule has 0 fully saturated rings. The molecule has 4 nitrogen and oxygen atoms in total. The minimum atomic E-state index is -0.575. The Bertz CT molecular complexity index is 792. The normalized spacial score (nSPS) is 11.9. The van der Waals surface area contributed by atoms with E-state index in [9.17, 15) is 9.59 Å². The Hall–Kier alpha value is -2.33. The van der Waals surface area contributed by atoms with Gasteiger partial charge in [-0.1, -0.05) is 74.8 Å². The van der Waals surface area contributed by atoms with Gasteiger partial charge in [-0.15, -0.1) is 0 Å². The van der Waals surface area contributed by atoms with Gasteiger partial charge in [-0.3, -0.25) is 9.59 Å². The molecule has 0 aliphatic rings. The van der Waals surface area contributed by atoms with Crippen LogP contribution in [-0.4, -0.2) is 29.3 Å². The molecule has 0 aliphatic carbocycles. The van der Waals surface area contributed by atoms with E-state index in [0.29, 0.717) is 36.9 Å². The number of amides is 2. The molecule has 5 heteroatoms. The first-order valence-electron chi connectivity index (χ1n) is 10.3. The molecule has 0 unspecified atom stereocenters. The molecule has 0 bridgehead atoms. The molecular weight excluding hydrogens is 384 g/mol. The van der Waals surface area contributed by atoms with Gasteiger partial charge in [0, 0.05) is 31.0 Å². The van der Waals surface area contributed by atoms with E-state index in [1.165, 1.54) is 0 Å². The number of nitrogens with one attached hydrogen (secondary N) is 1. The highest BCUT2D eigenvalue weighted by Gasteiger charge is 2.29. The average Bonchev–Trinajstić information content (AvgIpc) is 2.69. The maximum Gasteiger partial charge on any atom is 0.243 e. The van der Waals surface area contributed by atoms with Gasteiger partial charge >= 0.3 is 0 Å². The lowest BCUT2D eigenvalue weighted by Gasteiger charge is -2.32. The molecule has 0 radical (unpaired) electrons. The summed E-state index contributed by atoms with van der Waals surface area (Å²) in [6.45, 7) is 7.01. The summed E-state index contributed by atoms with van der Waals surface area (Å²) in [6.07, 6.45) is 1.61. The van der Waals surface area contributed by atoms with Crippen LogP contribution in [-0.2, 0) is 22.6 Å². The number of carbonyl (C=O) groups is 2. The molecule has 156 valence electrons. The van der Waals surface area contributed by atoms with Gasteiger partial charge in [-0.05, 0) is 35.6 Å². The molecule has 2 aromatic rings. The van der Waals surface area contributed by atoms with E-state index in [4.69, 9.17) is 11.6 Å². The second kappa shape index (κ2) is 11.6. The Morgan fingerprint density at radius 1 is 1.03 bits per heavy atom. The van der Waals surface area contributed by atoms with Crippen LogP contribution >= 0.6 is 11.6 Å². The summed E-state index contributed by atoms with van der Waals surface area (Å²) >= 11 is 6.14. The predicted molar refractivity (Wildman–Crippen MR) is 119 cm³/mol. The summed E-state index contributed by atoms with van der Waals surface area (Å²) in [6, 6.07) is 16.7. The Labute approximate surface area is 179 Å². The van der Waals surface area contributed by atoms with Gasteiger partial charge in [0.05, 0.1) is 0 Å². The summed E-state index contributed by atoms with van der Waals surface area (Å²) in [4.78, 5) is 27.9. The smallest absolute Gasteiger partial charge is 0.243 e. The highest BCUT2D eigenvalue weighted by Crippen LogP contribution is 2.18. The van der Waals surface area contributed by atoms with Crippen molar-refractivity contribution in [3.05, 3.63) is 70.7 Å². The molecule has 29 heavy (non-hydrogen) atoms. The van der Waals surface area contributed by atoms with Crippen molar-refractivity contribution in [1.29, 1.82) is 0 Å². The number of hydrogen-bond donors (Lipinski definition) is 1.